The minimum Gasteiger partial charge on any atom is -0.378 e. The molecule has 7 heteroatoms. The second kappa shape index (κ2) is 8.66. The lowest BCUT2D eigenvalue weighted by Crippen LogP contribution is -2.36. The van der Waals surface area contributed by atoms with Gasteiger partial charge in [0.25, 0.3) is 5.91 Å². The first kappa shape index (κ1) is 18.8. The molecule has 3 aromatic rings. The molecule has 6 nitrogen and oxygen atoms in total. The maximum Gasteiger partial charge on any atom is 0.255 e. The number of nitrogens with one attached hydrogen (secondary N) is 1. The van der Waals surface area contributed by atoms with Gasteiger partial charge in [0.05, 0.1) is 18.9 Å². The van der Waals surface area contributed by atoms with Crippen LogP contribution in [0, 0.1) is 3.57 Å². The number of ether oxygens (including phenoxy) is 1. The van der Waals surface area contributed by atoms with Crippen LogP contribution in [0.2, 0.25) is 0 Å². The zero-order valence-electron chi connectivity index (χ0n) is 15.1. The molecule has 0 unspecified atom stereocenters. The SMILES string of the molecule is O=C(Nc1ccc(-c2ccc(N3CCOCC3)nn2)cc1)c1ccc(I)cc1. The van der Waals surface area contributed by atoms with E-state index in [-0.39, 0.29) is 5.91 Å². The van der Waals surface area contributed by atoms with Crippen LogP contribution in [-0.4, -0.2) is 42.4 Å². The highest BCUT2D eigenvalue weighted by Gasteiger charge is 2.13. The molecule has 142 valence electrons. The monoisotopic (exact) mass is 486 g/mol. The molecule has 0 spiro atoms. The van der Waals surface area contributed by atoms with Crippen LogP contribution in [0.25, 0.3) is 11.3 Å². The van der Waals surface area contributed by atoms with Crippen molar-refractivity contribution < 1.29 is 9.53 Å². The van der Waals surface area contributed by atoms with Crippen molar-refractivity contribution in [3.05, 3.63) is 69.8 Å². The van der Waals surface area contributed by atoms with Gasteiger partial charge in [0.15, 0.2) is 5.82 Å². The molecule has 0 bridgehead atoms. The van der Waals surface area contributed by atoms with E-state index >= 15 is 0 Å². The van der Waals surface area contributed by atoms with Gasteiger partial charge in [-0.1, -0.05) is 12.1 Å². The van der Waals surface area contributed by atoms with Crippen molar-refractivity contribution in [3.63, 3.8) is 0 Å². The summed E-state index contributed by atoms with van der Waals surface area (Å²) in [5, 5.41) is 11.6. The maximum atomic E-state index is 12.3. The van der Waals surface area contributed by atoms with Gasteiger partial charge in [-0.15, -0.1) is 10.2 Å². The molecular formula is C21H19IN4O2. The van der Waals surface area contributed by atoms with Gasteiger partial charge in [-0.05, 0) is 71.1 Å². The number of aromatic nitrogens is 2. The van der Waals surface area contributed by atoms with Crippen LogP contribution >= 0.6 is 22.6 Å². The fourth-order valence-corrected chi connectivity index (χ4v) is 3.33. The smallest absolute Gasteiger partial charge is 0.255 e. The second-order valence-corrected chi connectivity index (χ2v) is 7.66. The highest BCUT2D eigenvalue weighted by Crippen LogP contribution is 2.21. The molecule has 1 aliphatic heterocycles. The van der Waals surface area contributed by atoms with Gasteiger partial charge < -0.3 is 15.0 Å². The van der Waals surface area contributed by atoms with Gasteiger partial charge in [0.2, 0.25) is 0 Å². The maximum absolute atomic E-state index is 12.3. The van der Waals surface area contributed by atoms with Crippen molar-refractivity contribution in [1.82, 2.24) is 10.2 Å². The van der Waals surface area contributed by atoms with Crippen molar-refractivity contribution in [2.75, 3.05) is 36.5 Å². The molecule has 28 heavy (non-hydrogen) atoms. The first-order valence-electron chi connectivity index (χ1n) is 9.03. The Balaban J connectivity index is 1.42. The van der Waals surface area contributed by atoms with E-state index in [9.17, 15) is 4.79 Å². The Morgan fingerprint density at radius 1 is 0.929 bits per heavy atom. The molecule has 2 heterocycles. The Morgan fingerprint density at radius 3 is 2.29 bits per heavy atom. The summed E-state index contributed by atoms with van der Waals surface area (Å²) in [4.78, 5) is 14.5. The summed E-state index contributed by atoms with van der Waals surface area (Å²) >= 11 is 2.22. The number of rotatable bonds is 4. The molecule has 1 saturated heterocycles. The minimum atomic E-state index is -0.126. The average Bonchev–Trinajstić information content (AvgIpc) is 2.75. The van der Waals surface area contributed by atoms with Crippen LogP contribution in [0.15, 0.2) is 60.7 Å². The van der Waals surface area contributed by atoms with Crippen molar-refractivity contribution in [2.45, 2.75) is 0 Å². The fourth-order valence-electron chi connectivity index (χ4n) is 2.97. The molecule has 2 aromatic carbocycles. The fraction of sp³-hybridized carbons (Fsp3) is 0.190. The Labute approximate surface area is 177 Å². The van der Waals surface area contributed by atoms with Crippen LogP contribution in [0.3, 0.4) is 0 Å². The topological polar surface area (TPSA) is 67.4 Å². The van der Waals surface area contributed by atoms with Gasteiger partial charge >= 0.3 is 0 Å². The van der Waals surface area contributed by atoms with Gasteiger partial charge in [0, 0.05) is 33.5 Å². The molecule has 0 aliphatic carbocycles. The molecule has 0 radical (unpaired) electrons. The third kappa shape index (κ3) is 4.48. The first-order valence-corrected chi connectivity index (χ1v) is 10.1. The van der Waals surface area contributed by atoms with E-state index in [1.807, 2.05) is 60.7 Å². The average molecular weight is 486 g/mol. The number of anilines is 2. The first-order chi connectivity index (χ1) is 13.7. The van der Waals surface area contributed by atoms with Crippen LogP contribution in [0.1, 0.15) is 10.4 Å². The number of carbonyl (C=O) groups excluding carboxylic acids is 1. The summed E-state index contributed by atoms with van der Waals surface area (Å²) < 4.78 is 6.46. The number of hydrogen-bond acceptors (Lipinski definition) is 5. The van der Waals surface area contributed by atoms with Crippen molar-refractivity contribution in [1.29, 1.82) is 0 Å². The summed E-state index contributed by atoms with van der Waals surface area (Å²) in [6.07, 6.45) is 0. The largest absolute Gasteiger partial charge is 0.378 e. The van der Waals surface area contributed by atoms with E-state index in [1.165, 1.54) is 0 Å². The number of carbonyl (C=O) groups is 1. The number of halogens is 1. The van der Waals surface area contributed by atoms with E-state index in [4.69, 9.17) is 4.74 Å². The molecule has 1 aromatic heterocycles. The van der Waals surface area contributed by atoms with Gasteiger partial charge in [-0.3, -0.25) is 4.79 Å². The number of amides is 1. The predicted octanol–water partition coefficient (Wildman–Crippen LogP) is 3.84. The van der Waals surface area contributed by atoms with Gasteiger partial charge in [-0.2, -0.15) is 0 Å². The van der Waals surface area contributed by atoms with E-state index in [0.717, 1.165) is 52.6 Å². The lowest BCUT2D eigenvalue weighted by Gasteiger charge is -2.27. The Bertz CT molecular complexity index is 938. The van der Waals surface area contributed by atoms with Crippen molar-refractivity contribution >= 4 is 40.0 Å². The number of benzene rings is 2. The molecular weight excluding hydrogens is 467 g/mol. The van der Waals surface area contributed by atoms with Gasteiger partial charge in [0.1, 0.15) is 0 Å². The second-order valence-electron chi connectivity index (χ2n) is 6.41. The van der Waals surface area contributed by atoms with Crippen molar-refractivity contribution in [2.24, 2.45) is 0 Å². The van der Waals surface area contributed by atoms with E-state index in [0.29, 0.717) is 5.56 Å². The van der Waals surface area contributed by atoms with E-state index < -0.39 is 0 Å². The molecule has 1 amide bonds. The standard InChI is InChI=1S/C21H19IN4O2/c22-17-5-1-16(2-6-17)21(27)23-18-7-3-15(4-8-18)19-9-10-20(25-24-19)26-11-13-28-14-12-26/h1-10H,11-14H2,(H,23,27). The Hall–Kier alpha value is -2.52. The number of morpholine rings is 1. The minimum absolute atomic E-state index is 0.126. The van der Waals surface area contributed by atoms with Crippen LogP contribution in [-0.2, 0) is 4.74 Å². The third-order valence-electron chi connectivity index (χ3n) is 4.53. The summed E-state index contributed by atoms with van der Waals surface area (Å²) in [5.74, 6) is 0.743. The third-order valence-corrected chi connectivity index (χ3v) is 5.25. The molecule has 0 saturated carbocycles. The molecule has 1 fully saturated rings. The Morgan fingerprint density at radius 2 is 1.64 bits per heavy atom. The Kier molecular flexibility index (Phi) is 5.82. The van der Waals surface area contributed by atoms with E-state index in [1.54, 1.807) is 0 Å². The normalized spacial score (nSPS) is 14.0. The number of nitrogens with zero attached hydrogens (tertiary/aromatic N) is 3. The molecule has 1 N–H and O–H groups in total. The van der Waals surface area contributed by atoms with Crippen LogP contribution in [0.4, 0.5) is 11.5 Å². The highest BCUT2D eigenvalue weighted by atomic mass is 127. The lowest BCUT2D eigenvalue weighted by atomic mass is 10.1. The van der Waals surface area contributed by atoms with Gasteiger partial charge in [-0.25, -0.2) is 0 Å². The summed E-state index contributed by atoms with van der Waals surface area (Å²) in [5.41, 5.74) is 3.13. The van der Waals surface area contributed by atoms with E-state index in [2.05, 4.69) is 43.0 Å². The predicted molar refractivity (Wildman–Crippen MR) is 118 cm³/mol. The lowest BCUT2D eigenvalue weighted by molar-refractivity contribution is 0.102. The molecule has 1 aliphatic rings. The summed E-state index contributed by atoms with van der Waals surface area (Å²) in [6.45, 7) is 3.11. The molecule has 0 atom stereocenters. The zero-order chi connectivity index (χ0) is 19.3. The summed E-state index contributed by atoms with van der Waals surface area (Å²) in [7, 11) is 0. The molecule has 4 rings (SSSR count). The van der Waals surface area contributed by atoms with Crippen LogP contribution < -0.4 is 10.2 Å². The zero-order valence-corrected chi connectivity index (χ0v) is 17.3. The highest BCUT2D eigenvalue weighted by molar-refractivity contribution is 14.1. The quantitative estimate of drug-likeness (QED) is 0.568. The number of hydrogen-bond donors (Lipinski definition) is 1. The van der Waals surface area contributed by atoms with Crippen molar-refractivity contribution in [3.8, 4) is 11.3 Å². The summed E-state index contributed by atoms with van der Waals surface area (Å²) in [6, 6.07) is 19.0. The van der Waals surface area contributed by atoms with Crippen LogP contribution in [0.5, 0.6) is 0 Å².